The van der Waals surface area contributed by atoms with Crippen LogP contribution in [0.4, 0.5) is 11.4 Å². The summed E-state index contributed by atoms with van der Waals surface area (Å²) in [5.41, 5.74) is 2.42. The van der Waals surface area contributed by atoms with Gasteiger partial charge >= 0.3 is 5.97 Å². The van der Waals surface area contributed by atoms with Crippen LogP contribution in [-0.4, -0.2) is 93.8 Å². The van der Waals surface area contributed by atoms with Gasteiger partial charge in [-0.25, -0.2) is 31.6 Å². The molecule has 0 atom stereocenters. The van der Waals surface area contributed by atoms with Crippen LogP contribution in [0.3, 0.4) is 0 Å². The van der Waals surface area contributed by atoms with Gasteiger partial charge in [-0.2, -0.15) is 0 Å². The smallest absolute Gasteiger partial charge is 0.376 e. The van der Waals surface area contributed by atoms with Gasteiger partial charge in [0.2, 0.25) is 11.6 Å². The van der Waals surface area contributed by atoms with Crippen molar-refractivity contribution < 1.29 is 31.2 Å². The van der Waals surface area contributed by atoms with Crippen LogP contribution in [0, 0.1) is 0 Å². The summed E-state index contributed by atoms with van der Waals surface area (Å²) in [5, 5.41) is 16.8. The van der Waals surface area contributed by atoms with Crippen LogP contribution in [0.2, 0.25) is 10.0 Å². The predicted octanol–water partition coefficient (Wildman–Crippen LogP) is 9.22. The Kier molecular flexibility index (Phi) is 16.2. The number of hydrogen-bond donors (Lipinski definition) is 2. The summed E-state index contributed by atoms with van der Waals surface area (Å²) in [7, 11) is -4.70. The van der Waals surface area contributed by atoms with Gasteiger partial charge in [-0.3, -0.25) is 23.4 Å². The first-order valence-corrected chi connectivity index (χ1v) is 25.2. The normalized spacial score (nSPS) is 12.1. The topological polar surface area (TPSA) is 226 Å². The molecule has 0 radical (unpaired) electrons. The SMILES string of the molecule is CC(C)n1c(C(=O)N(C)C)nnc1-c1ncc(Cl)cc1NS(=O)(=O)c1ccc(C(C)(C)C)cc1.CCOC(=O)c1nnc(-c2ncc(Cl)cc2NS(=O)(=O)c2ccc(C(C)(C)C)cc2)n1C(C)C. The molecule has 0 aliphatic heterocycles. The number of aromatic nitrogens is 8. The first kappa shape index (κ1) is 53.0. The summed E-state index contributed by atoms with van der Waals surface area (Å²) in [5.74, 6) is -0.394. The molecular weight excluding hydrogens is 954 g/mol. The summed E-state index contributed by atoms with van der Waals surface area (Å²) < 4.78 is 66.1. The highest BCUT2D eigenvalue weighted by atomic mass is 35.5. The van der Waals surface area contributed by atoms with Gasteiger partial charge in [0, 0.05) is 38.6 Å². The number of amides is 1. The van der Waals surface area contributed by atoms with E-state index >= 15 is 0 Å². The third kappa shape index (κ3) is 12.2. The fraction of sp³-hybridized carbons (Fsp3) is 0.391. The number of benzene rings is 2. The molecule has 2 aromatic carbocycles. The standard InChI is InChI=1S/C23H29ClN6O3S.C23H28ClN5O4S/c1-14(2)30-20(26-27-21(30)22(31)29(6)7)19-18(12-16(24)13-25-19)28-34(32,33)17-10-8-15(9-11-17)23(3,4)5;1-7-33-22(30)21-27-26-20(29(21)14(2)3)19-18(12-16(24)13-25-19)28-34(31,32)17-10-8-15(9-11-17)23(4,5)6/h8-14,28H,1-7H3;8-14,28H,7H2,1-6H3. The molecule has 0 fully saturated rings. The van der Waals surface area contributed by atoms with Gasteiger partial charge in [0.1, 0.15) is 11.4 Å². The number of nitrogens with zero attached hydrogens (tertiary/aromatic N) is 9. The molecule has 4 aromatic heterocycles. The number of rotatable bonds is 13. The Hall–Kier alpha value is -5.96. The highest BCUT2D eigenvalue weighted by molar-refractivity contribution is 7.93. The highest BCUT2D eigenvalue weighted by Crippen LogP contribution is 2.34. The summed E-state index contributed by atoms with van der Waals surface area (Å²) in [4.78, 5) is 35.2. The molecule has 2 N–H and O–H groups in total. The van der Waals surface area contributed by atoms with E-state index in [-0.39, 0.29) is 101 Å². The quantitative estimate of drug-likeness (QED) is 0.103. The number of hydrogen-bond acceptors (Lipinski definition) is 13. The van der Waals surface area contributed by atoms with Gasteiger partial charge in [-0.1, -0.05) is 89.0 Å². The van der Waals surface area contributed by atoms with Gasteiger partial charge < -0.3 is 9.64 Å². The average Bonchev–Trinajstić information content (AvgIpc) is 3.89. The molecule has 364 valence electrons. The zero-order valence-electron chi connectivity index (χ0n) is 40.2. The lowest BCUT2D eigenvalue weighted by Crippen LogP contribution is -2.26. The zero-order valence-corrected chi connectivity index (χ0v) is 43.4. The molecule has 0 aliphatic carbocycles. The van der Waals surface area contributed by atoms with Crippen LogP contribution in [0.5, 0.6) is 0 Å². The number of anilines is 2. The van der Waals surface area contributed by atoms with E-state index in [0.29, 0.717) is 0 Å². The number of carbonyl (C=O) groups excluding carboxylic acids is 2. The monoisotopic (exact) mass is 1010 g/mol. The maximum Gasteiger partial charge on any atom is 0.376 e. The second-order valence-corrected chi connectivity index (χ2v) is 22.6. The molecule has 1 amide bonds. The van der Waals surface area contributed by atoms with Crippen LogP contribution >= 0.6 is 23.2 Å². The van der Waals surface area contributed by atoms with Gasteiger partial charge in [0.25, 0.3) is 26.0 Å². The van der Waals surface area contributed by atoms with E-state index in [4.69, 9.17) is 27.9 Å². The van der Waals surface area contributed by atoms with Crippen LogP contribution < -0.4 is 9.44 Å². The minimum absolute atomic E-state index is 0.00447. The van der Waals surface area contributed by atoms with E-state index < -0.39 is 26.0 Å². The van der Waals surface area contributed by atoms with Gasteiger partial charge in [-0.15, -0.1) is 20.4 Å². The van der Waals surface area contributed by atoms with Crippen LogP contribution in [0.25, 0.3) is 23.0 Å². The lowest BCUT2D eigenvalue weighted by Gasteiger charge is -2.19. The van der Waals surface area contributed by atoms with Crippen molar-refractivity contribution in [3.05, 3.63) is 106 Å². The van der Waals surface area contributed by atoms with Crippen LogP contribution in [-0.2, 0) is 35.6 Å². The molecule has 0 saturated carbocycles. The fourth-order valence-corrected chi connectivity index (χ4v) is 9.06. The Morgan fingerprint density at radius 1 is 0.647 bits per heavy atom. The Morgan fingerprint density at radius 2 is 1.01 bits per heavy atom. The van der Waals surface area contributed by atoms with Crippen molar-refractivity contribution in [1.29, 1.82) is 0 Å². The molecular formula is C46H57Cl2N11O7S2. The summed E-state index contributed by atoms with van der Waals surface area (Å²) in [6, 6.07) is 15.8. The third-order valence-electron chi connectivity index (χ3n) is 10.2. The Balaban J connectivity index is 0.000000254. The molecule has 0 unspecified atom stereocenters. The molecule has 0 spiro atoms. The second kappa shape index (κ2) is 20.7. The lowest BCUT2D eigenvalue weighted by molar-refractivity contribution is 0.0504. The minimum Gasteiger partial charge on any atom is -0.460 e. The van der Waals surface area contributed by atoms with Crippen molar-refractivity contribution in [3.8, 4) is 23.0 Å². The van der Waals surface area contributed by atoms with Crippen LogP contribution in [0.15, 0.2) is 82.8 Å². The Morgan fingerprint density at radius 3 is 1.35 bits per heavy atom. The number of halogens is 2. The maximum absolute atomic E-state index is 13.2. The van der Waals surface area contributed by atoms with Gasteiger partial charge in [-0.05, 0) is 93.0 Å². The van der Waals surface area contributed by atoms with Crippen LogP contribution in [0.1, 0.15) is 121 Å². The van der Waals surface area contributed by atoms with Crippen molar-refractivity contribution in [3.63, 3.8) is 0 Å². The summed E-state index contributed by atoms with van der Waals surface area (Å²) in [6.45, 7) is 21.6. The predicted molar refractivity (Wildman–Crippen MR) is 263 cm³/mol. The van der Waals surface area contributed by atoms with Gasteiger partial charge in [0.15, 0.2) is 11.6 Å². The third-order valence-corrected chi connectivity index (χ3v) is 13.3. The van der Waals surface area contributed by atoms with Crippen molar-refractivity contribution >= 4 is 66.5 Å². The lowest BCUT2D eigenvalue weighted by atomic mass is 9.87. The Bertz CT molecular complexity index is 3010. The molecule has 0 saturated heterocycles. The second-order valence-electron chi connectivity index (χ2n) is 18.4. The zero-order chi connectivity index (χ0) is 50.7. The number of sulfonamides is 2. The number of ether oxygens (including phenoxy) is 1. The van der Waals surface area contributed by atoms with Gasteiger partial charge in [0.05, 0.1) is 37.8 Å². The number of pyridine rings is 2. The Labute approximate surface area is 408 Å². The fourth-order valence-electron chi connectivity index (χ4n) is 6.63. The molecule has 18 nitrogen and oxygen atoms in total. The largest absolute Gasteiger partial charge is 0.460 e. The average molecular weight is 1010 g/mol. The number of esters is 1. The van der Waals surface area contributed by atoms with E-state index in [1.54, 1.807) is 78.7 Å². The number of carbonyl (C=O) groups is 2. The minimum atomic E-state index is -3.97. The van der Waals surface area contributed by atoms with E-state index in [1.807, 2.05) is 48.5 Å². The maximum atomic E-state index is 13.2. The van der Waals surface area contributed by atoms with Crippen molar-refractivity contribution in [2.24, 2.45) is 0 Å². The van der Waals surface area contributed by atoms with E-state index in [0.717, 1.165) is 11.1 Å². The molecule has 6 aromatic rings. The first-order valence-electron chi connectivity index (χ1n) is 21.4. The van der Waals surface area contributed by atoms with E-state index in [9.17, 15) is 26.4 Å². The van der Waals surface area contributed by atoms with Crippen molar-refractivity contribution in [1.82, 2.24) is 44.4 Å². The van der Waals surface area contributed by atoms with E-state index in [2.05, 4.69) is 60.6 Å². The highest BCUT2D eigenvalue weighted by Gasteiger charge is 2.29. The summed E-state index contributed by atoms with van der Waals surface area (Å²) >= 11 is 12.3. The molecule has 68 heavy (non-hydrogen) atoms. The van der Waals surface area contributed by atoms with Crippen molar-refractivity contribution in [2.75, 3.05) is 30.1 Å². The summed E-state index contributed by atoms with van der Waals surface area (Å²) in [6.07, 6.45) is 2.76. The molecule has 22 heteroatoms. The molecule has 0 bridgehead atoms. The first-order chi connectivity index (χ1) is 31.6. The van der Waals surface area contributed by atoms with Crippen molar-refractivity contribution in [2.45, 2.75) is 109 Å². The molecule has 4 heterocycles. The van der Waals surface area contributed by atoms with E-state index in [1.165, 1.54) is 29.4 Å². The number of nitrogens with one attached hydrogen (secondary N) is 2. The molecule has 6 rings (SSSR count). The molecule has 0 aliphatic rings.